The van der Waals surface area contributed by atoms with E-state index < -0.39 is 0 Å². The van der Waals surface area contributed by atoms with E-state index in [4.69, 9.17) is 4.98 Å². The van der Waals surface area contributed by atoms with Crippen LogP contribution in [0.15, 0.2) is 30.6 Å². The van der Waals surface area contributed by atoms with Crippen LogP contribution in [0.2, 0.25) is 0 Å². The number of hydrogen-bond acceptors (Lipinski definition) is 3. The number of piperidine rings is 1. The van der Waals surface area contributed by atoms with Gasteiger partial charge in [-0.3, -0.25) is 9.36 Å². The second-order valence-electron chi connectivity index (χ2n) is 5.79. The van der Waals surface area contributed by atoms with Gasteiger partial charge in [-0.2, -0.15) is 0 Å². The number of aryl methyl sites for hydroxylation is 1. The van der Waals surface area contributed by atoms with Crippen molar-refractivity contribution >= 4 is 5.91 Å². The van der Waals surface area contributed by atoms with E-state index in [0.29, 0.717) is 5.92 Å². The van der Waals surface area contributed by atoms with Gasteiger partial charge in [0, 0.05) is 50.4 Å². The lowest BCUT2D eigenvalue weighted by Gasteiger charge is -2.31. The summed E-state index contributed by atoms with van der Waals surface area (Å²) < 4.78 is 2.04. The molecule has 0 aliphatic carbocycles. The second kappa shape index (κ2) is 6.30. The zero-order chi connectivity index (χ0) is 15.5. The molecule has 2 aromatic heterocycles. The first-order valence-electron chi connectivity index (χ1n) is 7.94. The number of rotatable bonds is 3. The summed E-state index contributed by atoms with van der Waals surface area (Å²) in [4.78, 5) is 22.7. The molecular weight excluding hydrogens is 276 g/mol. The summed E-state index contributed by atoms with van der Waals surface area (Å²) in [5.74, 6) is 2.40. The molecule has 2 aromatic rings. The molecule has 1 aliphatic rings. The number of imidazole rings is 1. The molecule has 0 spiro atoms. The van der Waals surface area contributed by atoms with Crippen LogP contribution in [0.25, 0.3) is 5.82 Å². The van der Waals surface area contributed by atoms with Crippen LogP contribution in [0.4, 0.5) is 0 Å². The van der Waals surface area contributed by atoms with Crippen LogP contribution < -0.4 is 0 Å². The van der Waals surface area contributed by atoms with Gasteiger partial charge < -0.3 is 4.90 Å². The number of pyridine rings is 1. The highest BCUT2D eigenvalue weighted by atomic mass is 16.2. The Bertz CT molecular complexity index is 664. The molecule has 0 unspecified atom stereocenters. The van der Waals surface area contributed by atoms with Crippen LogP contribution in [0.1, 0.15) is 44.1 Å². The van der Waals surface area contributed by atoms with Gasteiger partial charge in [-0.1, -0.05) is 13.0 Å². The molecule has 5 nitrogen and oxygen atoms in total. The lowest BCUT2D eigenvalue weighted by atomic mass is 9.94. The van der Waals surface area contributed by atoms with Crippen LogP contribution in [-0.2, 0) is 11.2 Å². The quantitative estimate of drug-likeness (QED) is 0.875. The van der Waals surface area contributed by atoms with Gasteiger partial charge in [0.25, 0.3) is 0 Å². The van der Waals surface area contributed by atoms with Crippen molar-refractivity contribution in [3.8, 4) is 5.82 Å². The van der Waals surface area contributed by atoms with Gasteiger partial charge in [0.05, 0.1) is 0 Å². The van der Waals surface area contributed by atoms with Gasteiger partial charge in [-0.15, -0.1) is 0 Å². The van der Waals surface area contributed by atoms with E-state index in [9.17, 15) is 4.79 Å². The molecule has 0 bridgehead atoms. The minimum Gasteiger partial charge on any atom is -0.342 e. The molecule has 1 fully saturated rings. The number of amides is 1. The van der Waals surface area contributed by atoms with Crippen LogP contribution in [-0.4, -0.2) is 38.4 Å². The summed E-state index contributed by atoms with van der Waals surface area (Å²) in [5, 5.41) is 0. The highest BCUT2D eigenvalue weighted by molar-refractivity contribution is 5.73. The molecule has 0 saturated carbocycles. The van der Waals surface area contributed by atoms with Crippen molar-refractivity contribution in [2.24, 2.45) is 0 Å². The number of hydrogen-bond donors (Lipinski definition) is 0. The lowest BCUT2D eigenvalue weighted by Crippen LogP contribution is -2.37. The average molecular weight is 298 g/mol. The number of likely N-dealkylation sites (tertiary alicyclic amines) is 1. The Morgan fingerprint density at radius 3 is 3.05 bits per heavy atom. The van der Waals surface area contributed by atoms with Gasteiger partial charge in [-0.05, 0) is 25.0 Å². The predicted octanol–water partition coefficient (Wildman–Crippen LogP) is 2.56. The fraction of sp³-hybridized carbons (Fsp3) is 0.471. The predicted molar refractivity (Wildman–Crippen MR) is 85.0 cm³/mol. The van der Waals surface area contributed by atoms with Crippen molar-refractivity contribution in [3.05, 3.63) is 42.1 Å². The zero-order valence-corrected chi connectivity index (χ0v) is 13.2. The van der Waals surface area contributed by atoms with E-state index in [1.807, 2.05) is 34.0 Å². The van der Waals surface area contributed by atoms with Crippen molar-refractivity contribution in [3.63, 3.8) is 0 Å². The van der Waals surface area contributed by atoms with E-state index in [2.05, 4.69) is 18.0 Å². The smallest absolute Gasteiger partial charge is 0.219 e. The number of aromatic nitrogens is 3. The van der Waals surface area contributed by atoms with Gasteiger partial charge in [-0.25, -0.2) is 9.97 Å². The maximum atomic E-state index is 11.6. The molecule has 116 valence electrons. The number of carbonyl (C=O) groups is 1. The minimum absolute atomic E-state index is 0.156. The minimum atomic E-state index is 0.156. The average Bonchev–Trinajstić information content (AvgIpc) is 3.04. The SMILES string of the molecule is CCc1nccn1-c1cccc([C@@H]2CCCN(C(C)=O)C2)n1. The molecule has 0 aromatic carbocycles. The molecule has 22 heavy (non-hydrogen) atoms. The third kappa shape index (κ3) is 2.89. The molecule has 3 heterocycles. The van der Waals surface area contributed by atoms with E-state index >= 15 is 0 Å². The molecule has 1 aliphatic heterocycles. The summed E-state index contributed by atoms with van der Waals surface area (Å²) in [7, 11) is 0. The molecule has 1 saturated heterocycles. The van der Waals surface area contributed by atoms with Crippen molar-refractivity contribution in [2.75, 3.05) is 13.1 Å². The van der Waals surface area contributed by atoms with Crippen LogP contribution >= 0.6 is 0 Å². The Kier molecular flexibility index (Phi) is 4.22. The van der Waals surface area contributed by atoms with Gasteiger partial charge in [0.1, 0.15) is 11.6 Å². The Morgan fingerprint density at radius 1 is 1.41 bits per heavy atom. The maximum absolute atomic E-state index is 11.6. The molecule has 3 rings (SSSR count). The van der Waals surface area contributed by atoms with Crippen LogP contribution in [0.5, 0.6) is 0 Å². The normalized spacial score (nSPS) is 18.5. The summed E-state index contributed by atoms with van der Waals surface area (Å²) in [6.07, 6.45) is 6.77. The van der Waals surface area contributed by atoms with Crippen molar-refractivity contribution in [1.29, 1.82) is 0 Å². The summed E-state index contributed by atoms with van der Waals surface area (Å²) in [5.41, 5.74) is 1.07. The fourth-order valence-electron chi connectivity index (χ4n) is 3.11. The standard InChI is InChI=1S/C17H22N4O/c1-3-16-18-9-11-21(16)17-8-4-7-15(19-17)14-6-5-10-20(12-14)13(2)22/h4,7-9,11,14H,3,5-6,10,12H2,1-2H3/t14-/m1/s1. The Hall–Kier alpha value is -2.17. The van der Waals surface area contributed by atoms with Gasteiger partial charge in [0.2, 0.25) is 5.91 Å². The lowest BCUT2D eigenvalue weighted by molar-refractivity contribution is -0.130. The highest BCUT2D eigenvalue weighted by Gasteiger charge is 2.24. The van der Waals surface area contributed by atoms with Crippen LogP contribution in [0, 0.1) is 0 Å². The summed E-state index contributed by atoms with van der Waals surface area (Å²) >= 11 is 0. The molecule has 0 N–H and O–H groups in total. The van der Waals surface area contributed by atoms with Gasteiger partial charge >= 0.3 is 0 Å². The summed E-state index contributed by atoms with van der Waals surface area (Å²) in [6, 6.07) is 6.13. The van der Waals surface area contributed by atoms with E-state index in [1.165, 1.54) is 0 Å². The molecular formula is C17H22N4O. The topological polar surface area (TPSA) is 51.0 Å². The second-order valence-corrected chi connectivity index (χ2v) is 5.79. The number of nitrogens with zero attached hydrogens (tertiary/aromatic N) is 4. The first kappa shape index (κ1) is 14.8. The van der Waals surface area contributed by atoms with Crippen LogP contribution in [0.3, 0.4) is 0 Å². The molecule has 5 heteroatoms. The number of carbonyl (C=O) groups excluding carboxylic acids is 1. The third-order valence-electron chi connectivity index (χ3n) is 4.32. The van der Waals surface area contributed by atoms with Crippen molar-refractivity contribution in [2.45, 2.75) is 39.0 Å². The summed E-state index contributed by atoms with van der Waals surface area (Å²) in [6.45, 7) is 5.38. The first-order chi connectivity index (χ1) is 10.7. The monoisotopic (exact) mass is 298 g/mol. The first-order valence-corrected chi connectivity index (χ1v) is 7.94. The fourth-order valence-corrected chi connectivity index (χ4v) is 3.11. The molecule has 1 atom stereocenters. The Morgan fingerprint density at radius 2 is 2.27 bits per heavy atom. The van der Waals surface area contributed by atoms with E-state index in [1.54, 1.807) is 6.92 Å². The third-order valence-corrected chi connectivity index (χ3v) is 4.32. The van der Waals surface area contributed by atoms with Crippen molar-refractivity contribution < 1.29 is 4.79 Å². The van der Waals surface area contributed by atoms with E-state index in [-0.39, 0.29) is 5.91 Å². The van der Waals surface area contributed by atoms with Crippen molar-refractivity contribution in [1.82, 2.24) is 19.4 Å². The maximum Gasteiger partial charge on any atom is 0.219 e. The highest BCUT2D eigenvalue weighted by Crippen LogP contribution is 2.26. The van der Waals surface area contributed by atoms with Gasteiger partial charge in [0.15, 0.2) is 0 Å². The van der Waals surface area contributed by atoms with E-state index in [0.717, 1.165) is 49.7 Å². The Balaban J connectivity index is 1.86. The zero-order valence-electron chi connectivity index (χ0n) is 13.2. The molecule has 1 amide bonds. The Labute approximate surface area is 131 Å². The molecule has 0 radical (unpaired) electrons. The largest absolute Gasteiger partial charge is 0.342 e.